The molecular weight excluding hydrogens is 172 g/mol. The monoisotopic (exact) mass is 194 g/mol. The first-order valence-corrected chi connectivity index (χ1v) is 5.20. The van der Waals surface area contributed by atoms with Crippen LogP contribution in [0.5, 0.6) is 0 Å². The molecule has 0 bridgehead atoms. The van der Waals surface area contributed by atoms with E-state index < -0.39 is 0 Å². The van der Waals surface area contributed by atoms with Gasteiger partial charge in [-0.2, -0.15) is 0 Å². The highest BCUT2D eigenvalue weighted by Crippen LogP contribution is 2.11. The van der Waals surface area contributed by atoms with Gasteiger partial charge in [0.25, 0.3) is 0 Å². The van der Waals surface area contributed by atoms with Crippen LogP contribution in [0.2, 0.25) is 0 Å². The van der Waals surface area contributed by atoms with Crippen LogP contribution in [-0.4, -0.2) is 12.8 Å². The maximum atomic E-state index is 4.19. The lowest BCUT2D eigenvalue weighted by Gasteiger charge is -2.11. The number of allylic oxidation sites excluding steroid dienone is 2. The van der Waals surface area contributed by atoms with Gasteiger partial charge in [-0.25, -0.2) is 0 Å². The number of rotatable bonds is 6. The average molecular weight is 194 g/mol. The first-order chi connectivity index (χ1) is 6.67. The highest BCUT2D eigenvalue weighted by Gasteiger charge is 2.03. The molecule has 0 aliphatic rings. The van der Waals surface area contributed by atoms with Gasteiger partial charge in [0.05, 0.1) is 11.4 Å². The predicted octanol–water partition coefficient (Wildman–Crippen LogP) is 3.27. The standard InChI is InChI=1S/C12H22N2/c1-6-8-9-10(3)12(13-5)11(4)14-7-2/h7,13H,2,6,8-9H2,1,3-5H3/b12-10-,14-11?. The summed E-state index contributed by atoms with van der Waals surface area (Å²) in [6.07, 6.45) is 5.18. The van der Waals surface area contributed by atoms with E-state index >= 15 is 0 Å². The van der Waals surface area contributed by atoms with Crippen molar-refractivity contribution in [3.8, 4) is 0 Å². The van der Waals surface area contributed by atoms with Crippen LogP contribution in [0.1, 0.15) is 40.0 Å². The number of nitrogens with zero attached hydrogens (tertiary/aromatic N) is 1. The maximum Gasteiger partial charge on any atom is 0.0602 e. The van der Waals surface area contributed by atoms with Gasteiger partial charge < -0.3 is 5.32 Å². The molecule has 0 saturated carbocycles. The van der Waals surface area contributed by atoms with E-state index in [2.05, 4.69) is 30.7 Å². The summed E-state index contributed by atoms with van der Waals surface area (Å²) in [5, 5.41) is 3.20. The first-order valence-electron chi connectivity index (χ1n) is 5.20. The van der Waals surface area contributed by atoms with Gasteiger partial charge in [0.15, 0.2) is 0 Å². The molecule has 0 spiro atoms. The first kappa shape index (κ1) is 12.9. The Labute approximate surface area is 87.8 Å². The second kappa shape index (κ2) is 7.36. The van der Waals surface area contributed by atoms with Crippen LogP contribution in [0.25, 0.3) is 0 Å². The van der Waals surface area contributed by atoms with Gasteiger partial charge in [0.2, 0.25) is 0 Å². The second-order valence-corrected chi connectivity index (χ2v) is 3.41. The van der Waals surface area contributed by atoms with Crippen molar-refractivity contribution in [1.29, 1.82) is 0 Å². The normalized spacial score (nSPS) is 13.6. The van der Waals surface area contributed by atoms with Crippen LogP contribution in [0.15, 0.2) is 29.0 Å². The highest BCUT2D eigenvalue weighted by atomic mass is 14.9. The smallest absolute Gasteiger partial charge is 0.0602 e. The molecule has 0 rings (SSSR count). The van der Waals surface area contributed by atoms with Crippen LogP contribution in [-0.2, 0) is 0 Å². The molecule has 80 valence electrons. The third-order valence-electron chi connectivity index (χ3n) is 2.23. The summed E-state index contributed by atoms with van der Waals surface area (Å²) in [6, 6.07) is 0. The van der Waals surface area contributed by atoms with Crippen molar-refractivity contribution >= 4 is 5.71 Å². The molecule has 0 saturated heterocycles. The Balaban J connectivity index is 4.65. The van der Waals surface area contributed by atoms with Crippen LogP contribution in [0.4, 0.5) is 0 Å². The molecule has 1 N–H and O–H groups in total. The fourth-order valence-electron chi connectivity index (χ4n) is 1.47. The molecule has 2 nitrogen and oxygen atoms in total. The molecule has 0 aromatic heterocycles. The molecule has 2 heteroatoms. The quantitative estimate of drug-likeness (QED) is 0.645. The number of unbranched alkanes of at least 4 members (excludes halogenated alkanes) is 1. The summed E-state index contributed by atoms with van der Waals surface area (Å²) in [6.45, 7) is 9.97. The fourth-order valence-corrected chi connectivity index (χ4v) is 1.47. The Hall–Kier alpha value is -1.05. The zero-order valence-corrected chi connectivity index (χ0v) is 9.85. The molecule has 0 radical (unpaired) electrons. The van der Waals surface area contributed by atoms with Crippen LogP contribution < -0.4 is 5.32 Å². The number of aliphatic imine (C=N–C) groups is 1. The van der Waals surface area contributed by atoms with Gasteiger partial charge in [-0.15, -0.1) is 0 Å². The third kappa shape index (κ3) is 4.26. The minimum absolute atomic E-state index is 1.01. The van der Waals surface area contributed by atoms with Gasteiger partial charge in [0, 0.05) is 13.2 Å². The zero-order chi connectivity index (χ0) is 11.0. The Morgan fingerprint density at radius 3 is 2.50 bits per heavy atom. The van der Waals surface area contributed by atoms with E-state index in [1.807, 2.05) is 14.0 Å². The number of nitrogens with one attached hydrogen (secondary N) is 1. The van der Waals surface area contributed by atoms with E-state index in [9.17, 15) is 0 Å². The molecule has 0 atom stereocenters. The molecular formula is C12H22N2. The minimum atomic E-state index is 1.01. The Kier molecular flexibility index (Phi) is 6.81. The predicted molar refractivity (Wildman–Crippen MR) is 64.6 cm³/mol. The minimum Gasteiger partial charge on any atom is -0.387 e. The Bertz CT molecular complexity index is 237. The molecule has 0 unspecified atom stereocenters. The summed E-state index contributed by atoms with van der Waals surface area (Å²) in [7, 11) is 1.94. The molecule has 0 aliphatic carbocycles. The van der Waals surface area contributed by atoms with E-state index in [4.69, 9.17) is 0 Å². The van der Waals surface area contributed by atoms with Crippen molar-refractivity contribution < 1.29 is 0 Å². The summed E-state index contributed by atoms with van der Waals surface area (Å²) in [5.41, 5.74) is 3.53. The SMILES string of the molecule is C=CN=C(C)/C(NC)=C(\C)CCCC. The summed E-state index contributed by atoms with van der Waals surface area (Å²) in [5.74, 6) is 0. The van der Waals surface area contributed by atoms with Crippen molar-refractivity contribution in [2.45, 2.75) is 40.0 Å². The lowest BCUT2D eigenvalue weighted by molar-refractivity contribution is 0.776. The summed E-state index contributed by atoms with van der Waals surface area (Å²) < 4.78 is 0. The van der Waals surface area contributed by atoms with Gasteiger partial charge >= 0.3 is 0 Å². The Morgan fingerprint density at radius 1 is 1.43 bits per heavy atom. The number of hydrogen-bond donors (Lipinski definition) is 1. The third-order valence-corrected chi connectivity index (χ3v) is 2.23. The van der Waals surface area contributed by atoms with Crippen LogP contribution in [0, 0.1) is 0 Å². The van der Waals surface area contributed by atoms with Gasteiger partial charge in [0.1, 0.15) is 0 Å². The number of hydrogen-bond acceptors (Lipinski definition) is 2. The Morgan fingerprint density at radius 2 is 2.07 bits per heavy atom. The van der Waals surface area contributed by atoms with Gasteiger partial charge in [-0.1, -0.05) is 19.9 Å². The molecule has 0 aromatic rings. The zero-order valence-electron chi connectivity index (χ0n) is 9.85. The topological polar surface area (TPSA) is 24.4 Å². The van der Waals surface area contributed by atoms with Crippen LogP contribution in [0.3, 0.4) is 0 Å². The van der Waals surface area contributed by atoms with E-state index in [1.165, 1.54) is 18.4 Å². The largest absolute Gasteiger partial charge is 0.387 e. The van der Waals surface area contributed by atoms with Crippen molar-refractivity contribution in [2.24, 2.45) is 4.99 Å². The fraction of sp³-hybridized carbons (Fsp3) is 0.583. The average Bonchev–Trinajstić information content (AvgIpc) is 2.16. The molecule has 0 fully saturated rings. The van der Waals surface area contributed by atoms with E-state index in [-0.39, 0.29) is 0 Å². The van der Waals surface area contributed by atoms with E-state index in [0.29, 0.717) is 0 Å². The summed E-state index contributed by atoms with van der Waals surface area (Å²) >= 11 is 0. The molecule has 0 aliphatic heterocycles. The van der Waals surface area contributed by atoms with Crippen molar-refractivity contribution in [2.75, 3.05) is 7.05 Å². The molecule has 0 amide bonds. The summed E-state index contributed by atoms with van der Waals surface area (Å²) in [4.78, 5) is 4.19. The molecule has 14 heavy (non-hydrogen) atoms. The van der Waals surface area contributed by atoms with Gasteiger partial charge in [-0.05, 0) is 32.3 Å². The lowest BCUT2D eigenvalue weighted by Crippen LogP contribution is -2.15. The van der Waals surface area contributed by atoms with E-state index in [0.717, 1.165) is 17.8 Å². The van der Waals surface area contributed by atoms with Crippen molar-refractivity contribution in [1.82, 2.24) is 5.32 Å². The molecule has 0 heterocycles. The van der Waals surface area contributed by atoms with Crippen molar-refractivity contribution in [3.63, 3.8) is 0 Å². The van der Waals surface area contributed by atoms with Crippen molar-refractivity contribution in [3.05, 3.63) is 24.0 Å². The highest BCUT2D eigenvalue weighted by molar-refractivity contribution is 5.98. The van der Waals surface area contributed by atoms with E-state index in [1.54, 1.807) is 6.20 Å². The lowest BCUT2D eigenvalue weighted by atomic mass is 10.1. The maximum absolute atomic E-state index is 4.19. The second-order valence-electron chi connectivity index (χ2n) is 3.41. The molecule has 0 aromatic carbocycles. The van der Waals surface area contributed by atoms with Crippen LogP contribution >= 0.6 is 0 Å². The van der Waals surface area contributed by atoms with Gasteiger partial charge in [-0.3, -0.25) is 4.99 Å².